The molecule has 6 heteroatoms. The van der Waals surface area contributed by atoms with E-state index in [0.717, 1.165) is 15.6 Å². The molecule has 1 aliphatic rings. The number of amides is 1. The van der Waals surface area contributed by atoms with Gasteiger partial charge in [0.05, 0.1) is 17.1 Å². The van der Waals surface area contributed by atoms with Crippen LogP contribution >= 0.6 is 27.5 Å². The molecule has 30 heavy (non-hydrogen) atoms. The number of carbonyl (C=O) groups is 1. The highest BCUT2D eigenvalue weighted by Crippen LogP contribution is 2.38. The molecule has 2 heterocycles. The minimum atomic E-state index is -0.354. The van der Waals surface area contributed by atoms with Gasteiger partial charge in [-0.15, -0.1) is 0 Å². The first-order valence-corrected chi connectivity index (χ1v) is 11.1. The predicted molar refractivity (Wildman–Crippen MR) is 125 cm³/mol. The third kappa shape index (κ3) is 4.29. The van der Waals surface area contributed by atoms with E-state index in [1.165, 1.54) is 0 Å². The number of rotatable bonds is 5. The van der Waals surface area contributed by atoms with Gasteiger partial charge in [-0.2, -0.15) is 0 Å². The van der Waals surface area contributed by atoms with Crippen molar-refractivity contribution >= 4 is 39.3 Å². The molecule has 4 rings (SSSR count). The van der Waals surface area contributed by atoms with Crippen molar-refractivity contribution in [1.29, 1.82) is 0 Å². The number of nitrogens with zero attached hydrogens (tertiary/aromatic N) is 2. The molecule has 0 spiro atoms. The summed E-state index contributed by atoms with van der Waals surface area (Å²) in [5.74, 6) is 0.620. The first-order chi connectivity index (χ1) is 14.3. The first-order valence-electron chi connectivity index (χ1n) is 9.88. The lowest BCUT2D eigenvalue weighted by atomic mass is 9.92. The predicted octanol–water partition coefficient (Wildman–Crippen LogP) is 5.87. The summed E-state index contributed by atoms with van der Waals surface area (Å²) in [6.07, 6.45) is 2.23. The van der Waals surface area contributed by atoms with E-state index < -0.39 is 0 Å². The lowest BCUT2D eigenvalue weighted by molar-refractivity contribution is -0.119. The van der Waals surface area contributed by atoms with Crippen molar-refractivity contribution in [3.05, 3.63) is 93.5 Å². The van der Waals surface area contributed by atoms with Gasteiger partial charge in [0.25, 0.3) is 0 Å². The Morgan fingerprint density at radius 2 is 1.87 bits per heavy atom. The molecule has 0 bridgehead atoms. The van der Waals surface area contributed by atoms with Crippen molar-refractivity contribution < 1.29 is 4.79 Å². The Bertz CT molecular complexity index is 1040. The van der Waals surface area contributed by atoms with Gasteiger partial charge in [-0.1, -0.05) is 70.0 Å². The highest BCUT2D eigenvalue weighted by molar-refractivity contribution is 9.10. The lowest BCUT2D eigenvalue weighted by Crippen LogP contribution is -2.47. The third-order valence-electron chi connectivity index (χ3n) is 5.53. The fourth-order valence-electron chi connectivity index (χ4n) is 4.03. The Morgan fingerprint density at radius 1 is 1.10 bits per heavy atom. The van der Waals surface area contributed by atoms with E-state index in [1.807, 2.05) is 30.3 Å². The number of benzene rings is 2. The number of hydrogen-bond donors (Lipinski definition) is 1. The number of anilines is 1. The zero-order chi connectivity index (χ0) is 21.3. The van der Waals surface area contributed by atoms with Crippen LogP contribution in [0.3, 0.4) is 0 Å². The van der Waals surface area contributed by atoms with Gasteiger partial charge in [-0.3, -0.25) is 15.0 Å². The summed E-state index contributed by atoms with van der Waals surface area (Å²) in [6.45, 7) is 4.21. The molecule has 1 amide bonds. The van der Waals surface area contributed by atoms with E-state index in [0.29, 0.717) is 17.3 Å². The average molecular weight is 485 g/mol. The van der Waals surface area contributed by atoms with E-state index in [2.05, 4.69) is 64.3 Å². The van der Waals surface area contributed by atoms with Crippen LogP contribution in [0, 0.1) is 0 Å². The van der Waals surface area contributed by atoms with Crippen LogP contribution in [0.2, 0.25) is 5.02 Å². The molecule has 2 atom stereocenters. The van der Waals surface area contributed by atoms with Crippen LogP contribution in [0.25, 0.3) is 0 Å². The van der Waals surface area contributed by atoms with Gasteiger partial charge in [0.1, 0.15) is 5.82 Å². The second kappa shape index (κ2) is 8.50. The van der Waals surface area contributed by atoms with Gasteiger partial charge in [0, 0.05) is 16.2 Å². The Morgan fingerprint density at radius 3 is 2.53 bits per heavy atom. The molecule has 0 aliphatic carbocycles. The lowest BCUT2D eigenvalue weighted by Gasteiger charge is -2.30. The monoisotopic (exact) mass is 483 g/mol. The summed E-state index contributed by atoms with van der Waals surface area (Å²) in [4.78, 5) is 19.8. The molecule has 0 saturated carbocycles. The van der Waals surface area contributed by atoms with Gasteiger partial charge in [-0.05, 0) is 55.7 Å². The molecule has 1 N–H and O–H groups in total. The van der Waals surface area contributed by atoms with Crippen LogP contribution in [0.1, 0.15) is 37.4 Å². The van der Waals surface area contributed by atoms with Crippen LogP contribution < -0.4 is 10.2 Å². The maximum absolute atomic E-state index is 13.5. The van der Waals surface area contributed by atoms with Gasteiger partial charge in [0.2, 0.25) is 5.91 Å². The van der Waals surface area contributed by atoms with E-state index in [9.17, 15) is 4.79 Å². The van der Waals surface area contributed by atoms with Crippen molar-refractivity contribution in [2.45, 2.75) is 37.9 Å². The molecular formula is C24H23BrClN3O. The quantitative estimate of drug-likeness (QED) is 0.493. The van der Waals surface area contributed by atoms with Crippen LogP contribution in [0.15, 0.2) is 77.4 Å². The molecule has 2 aromatic carbocycles. The minimum absolute atomic E-state index is 0.0128. The van der Waals surface area contributed by atoms with E-state index in [-0.39, 0.29) is 23.5 Å². The standard InChI is InChI=1S/C24H23BrClN3O/c1-24(2,17-8-4-3-5-9-17)28-20-14-21(16-7-6-10-18(25)13-16)29(23(20)30)22-12-11-19(26)15-27-22/h3-13,15,20-21,28H,14H2,1-2H3/t20-,21-/m1/s1. The molecule has 1 aliphatic heterocycles. The molecule has 0 unspecified atom stereocenters. The first kappa shape index (κ1) is 21.0. The van der Waals surface area contributed by atoms with Crippen LogP contribution in [-0.4, -0.2) is 16.9 Å². The Balaban J connectivity index is 1.68. The van der Waals surface area contributed by atoms with Crippen LogP contribution in [-0.2, 0) is 10.3 Å². The summed E-state index contributed by atoms with van der Waals surface area (Å²) >= 11 is 9.58. The largest absolute Gasteiger partial charge is 0.297 e. The van der Waals surface area contributed by atoms with Gasteiger partial charge < -0.3 is 0 Å². The van der Waals surface area contributed by atoms with Gasteiger partial charge >= 0.3 is 0 Å². The van der Waals surface area contributed by atoms with Crippen molar-refractivity contribution in [2.75, 3.05) is 4.90 Å². The highest BCUT2D eigenvalue weighted by Gasteiger charge is 2.43. The molecule has 0 radical (unpaired) electrons. The molecule has 4 nitrogen and oxygen atoms in total. The average Bonchev–Trinajstić information content (AvgIpc) is 3.05. The van der Waals surface area contributed by atoms with E-state index >= 15 is 0 Å². The number of hydrogen-bond acceptors (Lipinski definition) is 3. The Hall–Kier alpha value is -2.21. The molecule has 154 valence electrons. The number of nitrogens with one attached hydrogen (secondary N) is 1. The maximum Gasteiger partial charge on any atom is 0.245 e. The topological polar surface area (TPSA) is 45.2 Å². The fraction of sp³-hybridized carbons (Fsp3) is 0.250. The zero-order valence-electron chi connectivity index (χ0n) is 16.8. The maximum atomic E-state index is 13.5. The van der Waals surface area contributed by atoms with Crippen LogP contribution in [0.5, 0.6) is 0 Å². The second-order valence-electron chi connectivity index (χ2n) is 8.04. The molecule has 1 saturated heterocycles. The van der Waals surface area contributed by atoms with Gasteiger partial charge in [0.15, 0.2) is 0 Å². The second-order valence-corrected chi connectivity index (χ2v) is 9.39. The Labute approximate surface area is 190 Å². The third-order valence-corrected chi connectivity index (χ3v) is 6.25. The van der Waals surface area contributed by atoms with Crippen molar-refractivity contribution in [3.63, 3.8) is 0 Å². The Kier molecular flexibility index (Phi) is 5.96. The van der Waals surface area contributed by atoms with Crippen molar-refractivity contribution in [1.82, 2.24) is 10.3 Å². The van der Waals surface area contributed by atoms with Gasteiger partial charge in [-0.25, -0.2) is 4.98 Å². The SMILES string of the molecule is CC(C)(N[C@@H]1C[C@H](c2cccc(Br)c2)N(c2ccc(Cl)cn2)C1=O)c1ccccc1. The van der Waals surface area contributed by atoms with Crippen molar-refractivity contribution in [3.8, 4) is 0 Å². The molecule has 1 aromatic heterocycles. The number of pyridine rings is 1. The molecule has 1 fully saturated rings. The molecular weight excluding hydrogens is 462 g/mol. The summed E-state index contributed by atoms with van der Waals surface area (Å²) in [5, 5.41) is 4.14. The smallest absolute Gasteiger partial charge is 0.245 e. The summed E-state index contributed by atoms with van der Waals surface area (Å²) in [5.41, 5.74) is 1.85. The zero-order valence-corrected chi connectivity index (χ0v) is 19.2. The van der Waals surface area contributed by atoms with E-state index in [1.54, 1.807) is 23.2 Å². The number of halogens is 2. The number of carbonyl (C=O) groups excluding carboxylic acids is 1. The summed E-state index contributed by atoms with van der Waals surface area (Å²) in [6, 6.07) is 21.4. The summed E-state index contributed by atoms with van der Waals surface area (Å²) < 4.78 is 0.984. The number of aromatic nitrogens is 1. The highest BCUT2D eigenvalue weighted by atomic mass is 79.9. The van der Waals surface area contributed by atoms with Crippen molar-refractivity contribution in [2.24, 2.45) is 0 Å². The molecule has 3 aromatic rings. The normalized spacial score (nSPS) is 19.3. The fourth-order valence-corrected chi connectivity index (χ4v) is 4.56. The summed E-state index contributed by atoms with van der Waals surface area (Å²) in [7, 11) is 0. The minimum Gasteiger partial charge on any atom is -0.297 e. The van der Waals surface area contributed by atoms with Crippen LogP contribution in [0.4, 0.5) is 5.82 Å². The van der Waals surface area contributed by atoms with E-state index in [4.69, 9.17) is 11.6 Å².